The van der Waals surface area contributed by atoms with Gasteiger partial charge in [0, 0.05) is 57.5 Å². The molecule has 0 saturated carbocycles. The van der Waals surface area contributed by atoms with Crippen molar-refractivity contribution < 1.29 is 0 Å². The lowest BCUT2D eigenvalue weighted by molar-refractivity contribution is 1.31. The van der Waals surface area contributed by atoms with Gasteiger partial charge in [-0.15, -0.1) is 0 Å². The van der Waals surface area contributed by atoms with Gasteiger partial charge < -0.3 is 0 Å². The standard InChI is InChI=1S/C41H25N5/c1-2-31-11-14-35-34(19-23-44-41(35)40(31)43-20-1)26-3-5-27(6-4-26)36-15-12-28-7-9-32(24-38(28)45-36)33-10-8-29-13-16-37(46-39(29)25-33)30-17-21-42-22-18-30/h1-25H. The Balaban J connectivity index is 1.05. The molecule has 5 aromatic heterocycles. The van der Waals surface area contributed by atoms with E-state index in [0.29, 0.717) is 0 Å². The first-order valence-electron chi connectivity index (χ1n) is 15.2. The zero-order valence-corrected chi connectivity index (χ0v) is 24.7. The van der Waals surface area contributed by atoms with Gasteiger partial charge in [-0.3, -0.25) is 15.0 Å². The number of benzene rings is 4. The molecular weight excluding hydrogens is 562 g/mol. The van der Waals surface area contributed by atoms with Crippen molar-refractivity contribution in [2.45, 2.75) is 0 Å². The molecule has 0 fully saturated rings. The first-order valence-corrected chi connectivity index (χ1v) is 15.2. The highest BCUT2D eigenvalue weighted by Gasteiger charge is 2.11. The van der Waals surface area contributed by atoms with E-state index in [0.717, 1.165) is 88.4 Å². The molecule has 0 amide bonds. The maximum Gasteiger partial charge on any atom is 0.0970 e. The van der Waals surface area contributed by atoms with Crippen molar-refractivity contribution >= 4 is 43.6 Å². The lowest BCUT2D eigenvalue weighted by Crippen LogP contribution is -1.89. The molecule has 0 aliphatic rings. The molecule has 0 bridgehead atoms. The van der Waals surface area contributed by atoms with E-state index < -0.39 is 0 Å². The van der Waals surface area contributed by atoms with Crippen molar-refractivity contribution in [1.29, 1.82) is 0 Å². The van der Waals surface area contributed by atoms with E-state index in [-0.39, 0.29) is 0 Å². The van der Waals surface area contributed by atoms with Crippen LogP contribution in [0.5, 0.6) is 0 Å². The molecule has 0 unspecified atom stereocenters. The second-order valence-corrected chi connectivity index (χ2v) is 11.4. The molecule has 0 N–H and O–H groups in total. The van der Waals surface area contributed by atoms with Gasteiger partial charge in [0.2, 0.25) is 0 Å². The number of hydrogen-bond acceptors (Lipinski definition) is 5. The third-order valence-corrected chi connectivity index (χ3v) is 8.67. The molecule has 4 aromatic carbocycles. The molecule has 5 heteroatoms. The van der Waals surface area contributed by atoms with Gasteiger partial charge in [0.1, 0.15) is 0 Å². The summed E-state index contributed by atoms with van der Waals surface area (Å²) in [6, 6.07) is 44.3. The van der Waals surface area contributed by atoms with Crippen molar-refractivity contribution in [3.05, 3.63) is 152 Å². The quantitative estimate of drug-likeness (QED) is 0.192. The molecule has 9 aromatic rings. The smallest absolute Gasteiger partial charge is 0.0970 e. The molecule has 5 heterocycles. The summed E-state index contributed by atoms with van der Waals surface area (Å²) in [6.45, 7) is 0. The fraction of sp³-hybridized carbons (Fsp3) is 0. The third kappa shape index (κ3) is 4.54. The van der Waals surface area contributed by atoms with E-state index in [4.69, 9.17) is 9.97 Å². The molecule has 0 aliphatic carbocycles. The van der Waals surface area contributed by atoms with Crippen LogP contribution in [0.3, 0.4) is 0 Å². The van der Waals surface area contributed by atoms with Crippen LogP contribution in [0.4, 0.5) is 0 Å². The Bertz CT molecular complexity index is 2580. The average molecular weight is 588 g/mol. The highest BCUT2D eigenvalue weighted by atomic mass is 14.7. The summed E-state index contributed by atoms with van der Waals surface area (Å²) < 4.78 is 0. The monoisotopic (exact) mass is 587 g/mol. The van der Waals surface area contributed by atoms with Gasteiger partial charge >= 0.3 is 0 Å². The van der Waals surface area contributed by atoms with E-state index in [1.807, 2.05) is 30.6 Å². The summed E-state index contributed by atoms with van der Waals surface area (Å²) in [5, 5.41) is 4.39. The fourth-order valence-corrected chi connectivity index (χ4v) is 6.26. The lowest BCUT2D eigenvalue weighted by Gasteiger charge is -2.10. The molecule has 214 valence electrons. The van der Waals surface area contributed by atoms with E-state index >= 15 is 0 Å². The highest BCUT2D eigenvalue weighted by molar-refractivity contribution is 6.08. The SMILES string of the molecule is c1cnc2c(c1)ccc1c(-c3ccc(-c4ccc5ccc(-c6ccc7ccc(-c8ccncc8)nc7c6)cc5n4)cc3)ccnc12. The first kappa shape index (κ1) is 26.1. The Hall–Kier alpha value is -6.33. The summed E-state index contributed by atoms with van der Waals surface area (Å²) in [6.07, 6.45) is 7.28. The number of pyridine rings is 5. The Kier molecular flexibility index (Phi) is 6.06. The van der Waals surface area contributed by atoms with Crippen LogP contribution < -0.4 is 0 Å². The zero-order chi connectivity index (χ0) is 30.5. The van der Waals surface area contributed by atoms with Crippen LogP contribution in [-0.4, -0.2) is 24.9 Å². The van der Waals surface area contributed by atoms with Crippen LogP contribution in [0.15, 0.2) is 152 Å². The van der Waals surface area contributed by atoms with Gasteiger partial charge in [0.05, 0.1) is 33.5 Å². The molecular formula is C41H25N5. The maximum atomic E-state index is 5.09. The van der Waals surface area contributed by atoms with Crippen molar-refractivity contribution in [1.82, 2.24) is 24.9 Å². The molecule has 46 heavy (non-hydrogen) atoms. The van der Waals surface area contributed by atoms with Gasteiger partial charge in [-0.2, -0.15) is 0 Å². The molecule has 9 rings (SSSR count). The Morgan fingerprint density at radius 3 is 1.63 bits per heavy atom. The van der Waals surface area contributed by atoms with Crippen molar-refractivity contribution in [2.75, 3.05) is 0 Å². The first-order chi connectivity index (χ1) is 22.8. The summed E-state index contributed by atoms with van der Waals surface area (Å²) in [4.78, 5) is 23.5. The van der Waals surface area contributed by atoms with Gasteiger partial charge in [0.15, 0.2) is 0 Å². The molecule has 0 spiro atoms. The lowest BCUT2D eigenvalue weighted by atomic mass is 9.98. The van der Waals surface area contributed by atoms with E-state index in [1.54, 1.807) is 12.4 Å². The molecule has 0 atom stereocenters. The second-order valence-electron chi connectivity index (χ2n) is 11.4. The van der Waals surface area contributed by atoms with Crippen LogP contribution in [0.1, 0.15) is 0 Å². The van der Waals surface area contributed by atoms with Crippen LogP contribution in [-0.2, 0) is 0 Å². The fourth-order valence-electron chi connectivity index (χ4n) is 6.26. The largest absolute Gasteiger partial charge is 0.265 e. The molecule has 0 saturated heterocycles. The number of nitrogens with zero attached hydrogens (tertiary/aromatic N) is 5. The van der Waals surface area contributed by atoms with Crippen LogP contribution in [0, 0.1) is 0 Å². The van der Waals surface area contributed by atoms with E-state index in [1.165, 1.54) is 0 Å². The highest BCUT2D eigenvalue weighted by Crippen LogP contribution is 2.33. The van der Waals surface area contributed by atoms with Crippen molar-refractivity contribution in [3.63, 3.8) is 0 Å². The second kappa shape index (κ2) is 10.7. The zero-order valence-electron chi connectivity index (χ0n) is 24.7. The van der Waals surface area contributed by atoms with Crippen molar-refractivity contribution in [2.24, 2.45) is 0 Å². The number of hydrogen-bond donors (Lipinski definition) is 0. The van der Waals surface area contributed by atoms with Crippen molar-refractivity contribution in [3.8, 4) is 44.8 Å². The molecule has 5 nitrogen and oxygen atoms in total. The Morgan fingerprint density at radius 2 is 0.935 bits per heavy atom. The van der Waals surface area contributed by atoms with E-state index in [9.17, 15) is 0 Å². The predicted octanol–water partition coefficient (Wildman–Crippen LogP) is 9.94. The van der Waals surface area contributed by atoms with Gasteiger partial charge in [-0.25, -0.2) is 9.97 Å². The predicted molar refractivity (Wildman–Crippen MR) is 187 cm³/mol. The Labute approximate surface area is 264 Å². The van der Waals surface area contributed by atoms with Gasteiger partial charge in [-0.1, -0.05) is 78.9 Å². The molecule has 0 radical (unpaired) electrons. The summed E-state index contributed by atoms with van der Waals surface area (Å²) in [7, 11) is 0. The number of aromatic nitrogens is 5. The van der Waals surface area contributed by atoms with Gasteiger partial charge in [-0.05, 0) is 70.8 Å². The summed E-state index contributed by atoms with van der Waals surface area (Å²) >= 11 is 0. The number of rotatable bonds is 4. The topological polar surface area (TPSA) is 64.5 Å². The minimum Gasteiger partial charge on any atom is -0.265 e. The van der Waals surface area contributed by atoms with Crippen LogP contribution in [0.2, 0.25) is 0 Å². The Morgan fingerprint density at radius 1 is 0.370 bits per heavy atom. The maximum absolute atomic E-state index is 5.09. The normalized spacial score (nSPS) is 11.5. The average Bonchev–Trinajstić information content (AvgIpc) is 3.14. The summed E-state index contributed by atoms with van der Waals surface area (Å²) in [5.41, 5.74) is 12.2. The minimum atomic E-state index is 0.919. The summed E-state index contributed by atoms with van der Waals surface area (Å²) in [5.74, 6) is 0. The van der Waals surface area contributed by atoms with Crippen LogP contribution >= 0.6 is 0 Å². The third-order valence-electron chi connectivity index (χ3n) is 8.67. The van der Waals surface area contributed by atoms with E-state index in [2.05, 4.69) is 124 Å². The minimum absolute atomic E-state index is 0.919. The molecule has 0 aliphatic heterocycles. The van der Waals surface area contributed by atoms with Crippen LogP contribution in [0.25, 0.3) is 88.4 Å². The van der Waals surface area contributed by atoms with Gasteiger partial charge in [0.25, 0.3) is 0 Å². The number of fused-ring (bicyclic) bond motifs is 5.